The van der Waals surface area contributed by atoms with E-state index in [0.29, 0.717) is 5.92 Å². The zero-order chi connectivity index (χ0) is 12.7. The van der Waals surface area contributed by atoms with Crippen molar-refractivity contribution in [1.29, 1.82) is 0 Å². The van der Waals surface area contributed by atoms with Crippen LogP contribution in [-0.4, -0.2) is 31.3 Å². The van der Waals surface area contributed by atoms with Gasteiger partial charge in [0.05, 0.1) is 12.5 Å². The Hall–Kier alpha value is -1.71. The smallest absolute Gasteiger partial charge is 0.306 e. The van der Waals surface area contributed by atoms with Crippen LogP contribution in [0.3, 0.4) is 0 Å². The van der Waals surface area contributed by atoms with Gasteiger partial charge in [0.1, 0.15) is 5.75 Å². The summed E-state index contributed by atoms with van der Waals surface area (Å²) in [5, 5.41) is 8.90. The highest BCUT2D eigenvalue weighted by Crippen LogP contribution is 2.40. The van der Waals surface area contributed by atoms with Crippen molar-refractivity contribution in [2.45, 2.75) is 12.8 Å². The van der Waals surface area contributed by atoms with Crippen molar-refractivity contribution in [3.8, 4) is 5.75 Å². The van der Waals surface area contributed by atoms with Crippen molar-refractivity contribution < 1.29 is 14.6 Å². The lowest BCUT2D eigenvalue weighted by molar-refractivity contribution is -0.138. The number of anilines is 1. The molecule has 2 unspecified atom stereocenters. The molecule has 0 saturated heterocycles. The first-order valence-electron chi connectivity index (χ1n) is 6.35. The summed E-state index contributed by atoms with van der Waals surface area (Å²) < 4.78 is 5.48. The number of ether oxygens (including phenoxy) is 1. The predicted octanol–water partition coefficient (Wildman–Crippen LogP) is 1.78. The standard InChI is InChI=1S/C14H17NO3/c1-15(8-10-7-12(10)14(16)17)11-2-3-13-9(6-11)4-5-18-13/h2-3,6,10,12H,4-5,7-8H2,1H3,(H,16,17). The summed E-state index contributed by atoms with van der Waals surface area (Å²) in [5.41, 5.74) is 2.40. The fraction of sp³-hybridized carbons (Fsp3) is 0.500. The van der Waals surface area contributed by atoms with Crippen molar-refractivity contribution in [3.63, 3.8) is 0 Å². The molecule has 1 heterocycles. The number of hydrogen-bond donors (Lipinski definition) is 1. The van der Waals surface area contributed by atoms with Gasteiger partial charge in [-0.3, -0.25) is 4.79 Å². The monoisotopic (exact) mass is 247 g/mol. The second kappa shape index (κ2) is 4.19. The molecule has 0 aromatic heterocycles. The van der Waals surface area contributed by atoms with E-state index in [2.05, 4.69) is 11.0 Å². The summed E-state index contributed by atoms with van der Waals surface area (Å²) in [4.78, 5) is 13.0. The number of carboxylic acids is 1. The van der Waals surface area contributed by atoms with Gasteiger partial charge in [-0.25, -0.2) is 0 Å². The predicted molar refractivity (Wildman–Crippen MR) is 68.1 cm³/mol. The minimum absolute atomic E-state index is 0.134. The number of fused-ring (bicyclic) bond motifs is 1. The van der Waals surface area contributed by atoms with Gasteiger partial charge < -0.3 is 14.7 Å². The van der Waals surface area contributed by atoms with Crippen molar-refractivity contribution in [3.05, 3.63) is 23.8 Å². The fourth-order valence-electron chi connectivity index (χ4n) is 2.62. The molecule has 2 atom stereocenters. The molecule has 1 aromatic rings. The summed E-state index contributed by atoms with van der Waals surface area (Å²) in [6.45, 7) is 1.59. The van der Waals surface area contributed by atoms with E-state index in [1.807, 2.05) is 19.2 Å². The van der Waals surface area contributed by atoms with Crippen LogP contribution < -0.4 is 9.64 Å². The second-order valence-electron chi connectivity index (χ2n) is 5.21. The van der Waals surface area contributed by atoms with Crippen LogP contribution in [0, 0.1) is 11.8 Å². The Kier molecular flexibility index (Phi) is 2.65. The van der Waals surface area contributed by atoms with E-state index in [1.165, 1.54) is 5.56 Å². The molecular weight excluding hydrogens is 230 g/mol. The van der Waals surface area contributed by atoms with Gasteiger partial charge in [-0.15, -0.1) is 0 Å². The van der Waals surface area contributed by atoms with E-state index in [1.54, 1.807) is 0 Å². The van der Waals surface area contributed by atoms with Gasteiger partial charge in [0, 0.05) is 25.7 Å². The minimum atomic E-state index is -0.657. The molecule has 1 aliphatic carbocycles. The number of nitrogens with zero attached hydrogens (tertiary/aromatic N) is 1. The highest BCUT2D eigenvalue weighted by molar-refractivity contribution is 5.73. The number of hydrogen-bond acceptors (Lipinski definition) is 3. The molecule has 0 bridgehead atoms. The SMILES string of the molecule is CN(CC1CC1C(=O)O)c1ccc2c(c1)CCO2. The van der Waals surface area contributed by atoms with Crippen molar-refractivity contribution in [1.82, 2.24) is 0 Å². The van der Waals surface area contributed by atoms with Gasteiger partial charge in [-0.1, -0.05) is 0 Å². The topological polar surface area (TPSA) is 49.8 Å². The lowest BCUT2D eigenvalue weighted by atomic mass is 10.1. The Balaban J connectivity index is 1.66. The summed E-state index contributed by atoms with van der Waals surface area (Å²) in [7, 11) is 2.02. The molecule has 96 valence electrons. The third-order valence-corrected chi connectivity index (χ3v) is 3.86. The van der Waals surface area contributed by atoms with Gasteiger partial charge in [0.2, 0.25) is 0 Å². The van der Waals surface area contributed by atoms with E-state index in [0.717, 1.165) is 37.4 Å². The Morgan fingerprint density at radius 1 is 1.56 bits per heavy atom. The number of benzene rings is 1. The van der Waals surface area contributed by atoms with E-state index < -0.39 is 5.97 Å². The average molecular weight is 247 g/mol. The Morgan fingerprint density at radius 2 is 2.39 bits per heavy atom. The van der Waals surface area contributed by atoms with Crippen LogP contribution in [0.5, 0.6) is 5.75 Å². The molecule has 0 amide bonds. The third kappa shape index (κ3) is 2.03. The summed E-state index contributed by atoms with van der Waals surface area (Å²) in [5.74, 6) is 0.500. The number of carboxylic acid groups (broad SMARTS) is 1. The van der Waals surface area contributed by atoms with Crippen LogP contribution in [0.15, 0.2) is 18.2 Å². The lowest BCUT2D eigenvalue weighted by Crippen LogP contribution is -2.21. The van der Waals surface area contributed by atoms with Crippen LogP contribution in [0.25, 0.3) is 0 Å². The van der Waals surface area contributed by atoms with Crippen LogP contribution in [0.4, 0.5) is 5.69 Å². The Morgan fingerprint density at radius 3 is 3.11 bits per heavy atom. The quantitative estimate of drug-likeness (QED) is 0.881. The average Bonchev–Trinajstić information content (AvgIpc) is 2.96. The lowest BCUT2D eigenvalue weighted by Gasteiger charge is -2.19. The molecule has 2 aliphatic rings. The molecule has 3 rings (SSSR count). The molecule has 4 heteroatoms. The van der Waals surface area contributed by atoms with Crippen LogP contribution in [0.1, 0.15) is 12.0 Å². The number of rotatable bonds is 4. The highest BCUT2D eigenvalue weighted by atomic mass is 16.5. The van der Waals surface area contributed by atoms with Crippen LogP contribution in [-0.2, 0) is 11.2 Å². The molecule has 1 fully saturated rings. The normalized spacial score (nSPS) is 24.3. The zero-order valence-electron chi connectivity index (χ0n) is 10.4. The van der Waals surface area contributed by atoms with Gasteiger partial charge in [-0.2, -0.15) is 0 Å². The second-order valence-corrected chi connectivity index (χ2v) is 5.21. The summed E-state index contributed by atoms with van der Waals surface area (Å²) >= 11 is 0. The Bertz CT molecular complexity index is 486. The van der Waals surface area contributed by atoms with Gasteiger partial charge >= 0.3 is 5.97 Å². The Labute approximate surface area is 106 Å². The molecule has 0 radical (unpaired) electrons. The number of carbonyl (C=O) groups is 1. The van der Waals surface area contributed by atoms with E-state index in [9.17, 15) is 4.79 Å². The first-order valence-corrected chi connectivity index (χ1v) is 6.35. The fourth-order valence-corrected chi connectivity index (χ4v) is 2.62. The first-order chi connectivity index (χ1) is 8.65. The summed E-state index contributed by atoms with van der Waals surface area (Å²) in [6, 6.07) is 6.21. The maximum absolute atomic E-state index is 10.8. The largest absolute Gasteiger partial charge is 0.493 e. The van der Waals surface area contributed by atoms with E-state index in [-0.39, 0.29) is 5.92 Å². The van der Waals surface area contributed by atoms with Gasteiger partial charge in [0.25, 0.3) is 0 Å². The molecule has 18 heavy (non-hydrogen) atoms. The molecule has 1 saturated carbocycles. The van der Waals surface area contributed by atoms with E-state index >= 15 is 0 Å². The van der Waals surface area contributed by atoms with Gasteiger partial charge in [0.15, 0.2) is 0 Å². The molecule has 1 aliphatic heterocycles. The molecule has 4 nitrogen and oxygen atoms in total. The third-order valence-electron chi connectivity index (χ3n) is 3.86. The zero-order valence-corrected chi connectivity index (χ0v) is 10.4. The molecule has 0 spiro atoms. The van der Waals surface area contributed by atoms with Crippen LogP contribution in [0.2, 0.25) is 0 Å². The maximum Gasteiger partial charge on any atom is 0.306 e. The van der Waals surface area contributed by atoms with Gasteiger partial charge in [-0.05, 0) is 36.1 Å². The van der Waals surface area contributed by atoms with Crippen molar-refractivity contribution in [2.24, 2.45) is 11.8 Å². The molecule has 1 aromatic carbocycles. The molecule has 1 N–H and O–H groups in total. The maximum atomic E-state index is 10.8. The highest BCUT2D eigenvalue weighted by Gasteiger charge is 2.43. The number of aliphatic carboxylic acids is 1. The van der Waals surface area contributed by atoms with E-state index in [4.69, 9.17) is 9.84 Å². The van der Waals surface area contributed by atoms with Crippen LogP contribution >= 0.6 is 0 Å². The summed E-state index contributed by atoms with van der Waals surface area (Å²) in [6.07, 6.45) is 1.78. The molecular formula is C14H17NO3. The first kappa shape index (κ1) is 11.4. The van der Waals surface area contributed by atoms with Crippen molar-refractivity contribution >= 4 is 11.7 Å². The van der Waals surface area contributed by atoms with Crippen molar-refractivity contribution in [2.75, 3.05) is 25.1 Å². The minimum Gasteiger partial charge on any atom is -0.493 e.